The maximum Gasteiger partial charge on any atom is 0.214 e. The van der Waals surface area contributed by atoms with Crippen LogP contribution in [0.1, 0.15) is 39.5 Å². The molecule has 1 rings (SSSR count). The Bertz CT molecular complexity index is 248. The SMILES string of the molecule is CCS(=O)(=O)N1CCCCCC1C. The van der Waals surface area contributed by atoms with Gasteiger partial charge in [-0.3, -0.25) is 0 Å². The van der Waals surface area contributed by atoms with Crippen molar-refractivity contribution in [1.29, 1.82) is 0 Å². The van der Waals surface area contributed by atoms with E-state index in [9.17, 15) is 8.42 Å². The molecule has 1 saturated heterocycles. The molecule has 0 aromatic heterocycles. The van der Waals surface area contributed by atoms with Crippen molar-refractivity contribution in [3.8, 4) is 0 Å². The summed E-state index contributed by atoms with van der Waals surface area (Å²) >= 11 is 0. The van der Waals surface area contributed by atoms with Crippen LogP contribution in [0.4, 0.5) is 0 Å². The molecule has 0 N–H and O–H groups in total. The Kier molecular flexibility index (Phi) is 3.74. The molecular formula is C9H19NO2S. The fourth-order valence-corrected chi connectivity index (χ4v) is 3.22. The average Bonchev–Trinajstić information content (AvgIpc) is 2.30. The van der Waals surface area contributed by atoms with E-state index in [-0.39, 0.29) is 11.8 Å². The molecule has 0 aromatic carbocycles. The van der Waals surface area contributed by atoms with Gasteiger partial charge in [-0.25, -0.2) is 8.42 Å². The normalized spacial score (nSPS) is 27.1. The Morgan fingerprint density at radius 2 is 2.00 bits per heavy atom. The number of nitrogens with zero attached hydrogens (tertiary/aromatic N) is 1. The molecular weight excluding hydrogens is 186 g/mol. The summed E-state index contributed by atoms with van der Waals surface area (Å²) in [5, 5.41) is 0. The predicted molar refractivity (Wildman–Crippen MR) is 54.1 cm³/mol. The van der Waals surface area contributed by atoms with Crippen molar-refractivity contribution in [3.05, 3.63) is 0 Å². The van der Waals surface area contributed by atoms with Crippen molar-refractivity contribution < 1.29 is 8.42 Å². The molecule has 1 aliphatic heterocycles. The third kappa shape index (κ3) is 2.68. The summed E-state index contributed by atoms with van der Waals surface area (Å²) in [5.74, 6) is 0.233. The van der Waals surface area contributed by atoms with Gasteiger partial charge in [-0.05, 0) is 26.7 Å². The highest BCUT2D eigenvalue weighted by atomic mass is 32.2. The fourth-order valence-electron chi connectivity index (χ4n) is 1.83. The molecule has 1 atom stereocenters. The van der Waals surface area contributed by atoms with Crippen LogP contribution in [0.15, 0.2) is 0 Å². The molecule has 1 unspecified atom stereocenters. The molecule has 0 radical (unpaired) electrons. The van der Waals surface area contributed by atoms with Crippen molar-refractivity contribution in [2.45, 2.75) is 45.6 Å². The molecule has 0 bridgehead atoms. The second kappa shape index (κ2) is 4.42. The van der Waals surface area contributed by atoms with Crippen LogP contribution in [0.3, 0.4) is 0 Å². The highest BCUT2D eigenvalue weighted by Gasteiger charge is 2.26. The lowest BCUT2D eigenvalue weighted by molar-refractivity contribution is 0.342. The number of hydrogen-bond donors (Lipinski definition) is 0. The minimum atomic E-state index is -2.96. The largest absolute Gasteiger partial charge is 0.214 e. The first-order valence-electron chi connectivity index (χ1n) is 5.07. The quantitative estimate of drug-likeness (QED) is 0.686. The van der Waals surface area contributed by atoms with Gasteiger partial charge in [0, 0.05) is 12.6 Å². The van der Waals surface area contributed by atoms with Crippen LogP contribution in [0.5, 0.6) is 0 Å². The predicted octanol–water partition coefficient (Wildman–Crippen LogP) is 1.60. The smallest absolute Gasteiger partial charge is 0.212 e. The van der Waals surface area contributed by atoms with Gasteiger partial charge in [0.1, 0.15) is 0 Å². The highest BCUT2D eigenvalue weighted by Crippen LogP contribution is 2.19. The molecule has 0 amide bonds. The van der Waals surface area contributed by atoms with E-state index in [2.05, 4.69) is 0 Å². The third-order valence-corrected chi connectivity index (χ3v) is 4.70. The van der Waals surface area contributed by atoms with Crippen LogP contribution >= 0.6 is 0 Å². The van der Waals surface area contributed by atoms with Crippen LogP contribution in [-0.4, -0.2) is 31.1 Å². The standard InChI is InChI=1S/C9H19NO2S/c1-3-13(11,12)10-8-6-4-5-7-9(10)2/h9H,3-8H2,1-2H3. The van der Waals surface area contributed by atoms with Gasteiger partial charge in [0.15, 0.2) is 0 Å². The topological polar surface area (TPSA) is 37.4 Å². The highest BCUT2D eigenvalue weighted by molar-refractivity contribution is 7.89. The van der Waals surface area contributed by atoms with E-state index >= 15 is 0 Å². The monoisotopic (exact) mass is 205 g/mol. The van der Waals surface area contributed by atoms with Gasteiger partial charge in [-0.1, -0.05) is 12.8 Å². The maximum absolute atomic E-state index is 11.6. The molecule has 4 heteroatoms. The summed E-state index contributed by atoms with van der Waals surface area (Å²) in [4.78, 5) is 0. The molecule has 1 heterocycles. The molecule has 13 heavy (non-hydrogen) atoms. The van der Waals surface area contributed by atoms with Gasteiger partial charge in [-0.15, -0.1) is 0 Å². The lowest BCUT2D eigenvalue weighted by Crippen LogP contribution is -2.39. The fraction of sp³-hybridized carbons (Fsp3) is 1.00. The van der Waals surface area contributed by atoms with Gasteiger partial charge < -0.3 is 0 Å². The maximum atomic E-state index is 11.6. The summed E-state index contributed by atoms with van der Waals surface area (Å²) in [5.41, 5.74) is 0. The first kappa shape index (κ1) is 11.0. The molecule has 1 aliphatic rings. The Morgan fingerprint density at radius 1 is 1.31 bits per heavy atom. The van der Waals surface area contributed by atoms with Crippen LogP contribution in [0.2, 0.25) is 0 Å². The van der Waals surface area contributed by atoms with Crippen molar-refractivity contribution in [2.24, 2.45) is 0 Å². The van der Waals surface area contributed by atoms with Crippen molar-refractivity contribution in [1.82, 2.24) is 4.31 Å². The number of rotatable bonds is 2. The van der Waals surface area contributed by atoms with Crippen LogP contribution < -0.4 is 0 Å². The molecule has 3 nitrogen and oxygen atoms in total. The lowest BCUT2D eigenvalue weighted by Gasteiger charge is -2.25. The minimum Gasteiger partial charge on any atom is -0.212 e. The van der Waals surface area contributed by atoms with Crippen molar-refractivity contribution in [3.63, 3.8) is 0 Å². The molecule has 0 saturated carbocycles. The van der Waals surface area contributed by atoms with E-state index in [4.69, 9.17) is 0 Å². The van der Waals surface area contributed by atoms with Gasteiger partial charge >= 0.3 is 0 Å². The summed E-state index contributed by atoms with van der Waals surface area (Å²) < 4.78 is 25.0. The van der Waals surface area contributed by atoms with Gasteiger partial charge in [0.05, 0.1) is 5.75 Å². The zero-order valence-corrected chi connectivity index (χ0v) is 9.31. The van der Waals surface area contributed by atoms with Crippen LogP contribution in [0, 0.1) is 0 Å². The Morgan fingerprint density at radius 3 is 2.62 bits per heavy atom. The lowest BCUT2D eigenvalue weighted by atomic mass is 10.1. The second-order valence-corrected chi connectivity index (χ2v) is 5.92. The summed E-state index contributed by atoms with van der Waals surface area (Å²) in [6, 6.07) is 0.201. The Balaban J connectivity index is 2.75. The van der Waals surface area contributed by atoms with Gasteiger partial charge in [-0.2, -0.15) is 4.31 Å². The molecule has 1 fully saturated rings. The van der Waals surface area contributed by atoms with Gasteiger partial charge in [0.2, 0.25) is 10.0 Å². The zero-order chi connectivity index (χ0) is 9.90. The summed E-state index contributed by atoms with van der Waals surface area (Å²) in [6.07, 6.45) is 4.36. The van der Waals surface area contributed by atoms with E-state index in [1.54, 1.807) is 11.2 Å². The number of sulfonamides is 1. The first-order chi connectivity index (χ1) is 6.08. The van der Waals surface area contributed by atoms with E-state index < -0.39 is 10.0 Å². The molecule has 0 spiro atoms. The minimum absolute atomic E-state index is 0.201. The summed E-state index contributed by atoms with van der Waals surface area (Å²) in [6.45, 7) is 4.45. The zero-order valence-electron chi connectivity index (χ0n) is 8.49. The van der Waals surface area contributed by atoms with Crippen molar-refractivity contribution in [2.75, 3.05) is 12.3 Å². The summed E-state index contributed by atoms with van der Waals surface area (Å²) in [7, 11) is -2.96. The number of hydrogen-bond acceptors (Lipinski definition) is 2. The first-order valence-corrected chi connectivity index (χ1v) is 6.68. The van der Waals surface area contributed by atoms with Crippen LogP contribution in [0.25, 0.3) is 0 Å². The average molecular weight is 205 g/mol. The second-order valence-electron chi connectivity index (χ2n) is 3.71. The van der Waals surface area contributed by atoms with E-state index in [1.807, 2.05) is 6.92 Å². The molecule has 0 aliphatic carbocycles. The third-order valence-electron chi connectivity index (χ3n) is 2.71. The van der Waals surface area contributed by atoms with E-state index in [0.29, 0.717) is 0 Å². The van der Waals surface area contributed by atoms with E-state index in [1.165, 1.54) is 6.42 Å². The van der Waals surface area contributed by atoms with E-state index in [0.717, 1.165) is 25.8 Å². The molecule has 78 valence electrons. The Labute approximate surface area is 81.2 Å². The molecule has 0 aromatic rings. The van der Waals surface area contributed by atoms with Gasteiger partial charge in [0.25, 0.3) is 0 Å². The Hall–Kier alpha value is -0.0900. The van der Waals surface area contributed by atoms with Crippen LogP contribution in [-0.2, 0) is 10.0 Å². The van der Waals surface area contributed by atoms with Crippen molar-refractivity contribution >= 4 is 10.0 Å².